The minimum Gasteiger partial charge on any atom is -0.365 e. The molecular formula is C12H12N6. The summed E-state index contributed by atoms with van der Waals surface area (Å²) in [5.74, 6) is 6.36. The number of nitrogen functional groups attached to an aromatic ring is 1. The Hall–Kier alpha value is -2.65. The van der Waals surface area contributed by atoms with Crippen LogP contribution in [0.15, 0.2) is 36.7 Å². The third kappa shape index (κ3) is 2.93. The number of hydrogen-bond acceptors (Lipinski definition) is 6. The van der Waals surface area contributed by atoms with Crippen molar-refractivity contribution in [2.45, 2.75) is 6.54 Å². The van der Waals surface area contributed by atoms with Gasteiger partial charge in [0.15, 0.2) is 5.82 Å². The highest BCUT2D eigenvalue weighted by atomic mass is 15.3. The molecule has 18 heavy (non-hydrogen) atoms. The number of nitrogens with one attached hydrogen (secondary N) is 2. The number of hydrazine groups is 1. The summed E-state index contributed by atoms with van der Waals surface area (Å²) in [7, 11) is 0. The fraction of sp³-hybridized carbons (Fsp3) is 0.0833. The summed E-state index contributed by atoms with van der Waals surface area (Å²) in [6.45, 7) is 0.568. The van der Waals surface area contributed by atoms with E-state index >= 15 is 0 Å². The van der Waals surface area contributed by atoms with Crippen molar-refractivity contribution in [3.8, 4) is 6.07 Å². The van der Waals surface area contributed by atoms with E-state index in [4.69, 9.17) is 11.1 Å². The van der Waals surface area contributed by atoms with Gasteiger partial charge in [0.05, 0.1) is 24.0 Å². The van der Waals surface area contributed by atoms with E-state index in [1.807, 2.05) is 18.2 Å². The monoisotopic (exact) mass is 240 g/mol. The lowest BCUT2D eigenvalue weighted by Crippen LogP contribution is -2.10. The summed E-state index contributed by atoms with van der Waals surface area (Å²) in [6.07, 6.45) is 3.14. The molecule has 2 rings (SSSR count). The molecule has 4 N–H and O–H groups in total. The average molecular weight is 240 g/mol. The molecule has 0 atom stereocenters. The Kier molecular flexibility index (Phi) is 3.69. The van der Waals surface area contributed by atoms with Crippen LogP contribution in [0.5, 0.6) is 0 Å². The molecule has 0 bridgehead atoms. The molecule has 0 saturated heterocycles. The van der Waals surface area contributed by atoms with Crippen molar-refractivity contribution >= 4 is 11.6 Å². The molecule has 0 radical (unpaired) electrons. The second-order valence-electron chi connectivity index (χ2n) is 3.60. The molecule has 0 amide bonds. The molecule has 0 spiro atoms. The van der Waals surface area contributed by atoms with E-state index in [0.717, 1.165) is 5.56 Å². The first kappa shape index (κ1) is 11.8. The molecule has 0 saturated carbocycles. The van der Waals surface area contributed by atoms with Crippen LogP contribution in [-0.2, 0) is 6.54 Å². The van der Waals surface area contributed by atoms with Gasteiger partial charge in [-0.1, -0.05) is 12.1 Å². The Bertz CT molecular complexity index is 575. The second kappa shape index (κ2) is 5.61. The van der Waals surface area contributed by atoms with Crippen LogP contribution in [0.1, 0.15) is 11.1 Å². The molecule has 6 nitrogen and oxygen atoms in total. The molecule has 1 aromatic heterocycles. The Morgan fingerprint density at radius 2 is 2.11 bits per heavy atom. The lowest BCUT2D eigenvalue weighted by Gasteiger charge is -2.06. The summed E-state index contributed by atoms with van der Waals surface area (Å²) < 4.78 is 0. The van der Waals surface area contributed by atoms with Crippen molar-refractivity contribution in [3.05, 3.63) is 47.8 Å². The van der Waals surface area contributed by atoms with Crippen molar-refractivity contribution in [3.63, 3.8) is 0 Å². The Morgan fingerprint density at radius 3 is 2.89 bits per heavy atom. The van der Waals surface area contributed by atoms with E-state index < -0.39 is 0 Å². The molecule has 90 valence electrons. The van der Waals surface area contributed by atoms with Crippen LogP contribution in [0.4, 0.5) is 11.6 Å². The topological polar surface area (TPSA) is 99.7 Å². The number of aromatic nitrogens is 2. The van der Waals surface area contributed by atoms with Crippen LogP contribution >= 0.6 is 0 Å². The molecule has 0 unspecified atom stereocenters. The number of nitrogens with two attached hydrogens (primary N) is 1. The highest BCUT2D eigenvalue weighted by Gasteiger charge is 1.98. The normalized spacial score (nSPS) is 9.56. The molecule has 0 aliphatic heterocycles. The molecule has 2 aromatic rings. The number of nitrogens with zero attached hydrogens (tertiary/aromatic N) is 3. The maximum atomic E-state index is 8.80. The van der Waals surface area contributed by atoms with E-state index in [-0.39, 0.29) is 0 Å². The predicted octanol–water partition coefficient (Wildman–Crippen LogP) is 1.25. The summed E-state index contributed by atoms with van der Waals surface area (Å²) in [5, 5.41) is 11.9. The van der Waals surface area contributed by atoms with Gasteiger partial charge in [-0.05, 0) is 17.7 Å². The lowest BCUT2D eigenvalue weighted by atomic mass is 10.1. The smallest absolute Gasteiger partial charge is 0.160 e. The van der Waals surface area contributed by atoms with Gasteiger partial charge in [0.1, 0.15) is 5.82 Å². The van der Waals surface area contributed by atoms with Gasteiger partial charge in [-0.15, -0.1) is 0 Å². The van der Waals surface area contributed by atoms with Gasteiger partial charge in [-0.25, -0.2) is 10.8 Å². The first-order valence-corrected chi connectivity index (χ1v) is 5.33. The summed E-state index contributed by atoms with van der Waals surface area (Å²) >= 11 is 0. The SMILES string of the molecule is N#Cc1cccc(CNc2cncc(NN)n2)c1. The summed E-state index contributed by atoms with van der Waals surface area (Å²) in [5.41, 5.74) is 4.07. The van der Waals surface area contributed by atoms with Gasteiger partial charge in [0.2, 0.25) is 0 Å². The number of benzene rings is 1. The zero-order chi connectivity index (χ0) is 12.8. The van der Waals surface area contributed by atoms with Gasteiger partial charge in [-0.3, -0.25) is 4.98 Å². The van der Waals surface area contributed by atoms with Gasteiger partial charge in [0.25, 0.3) is 0 Å². The zero-order valence-corrected chi connectivity index (χ0v) is 9.59. The van der Waals surface area contributed by atoms with E-state index in [1.165, 1.54) is 6.20 Å². The van der Waals surface area contributed by atoms with E-state index in [2.05, 4.69) is 26.8 Å². The zero-order valence-electron chi connectivity index (χ0n) is 9.59. The summed E-state index contributed by atoms with van der Waals surface area (Å²) in [6, 6.07) is 9.48. The largest absolute Gasteiger partial charge is 0.365 e. The van der Waals surface area contributed by atoms with Crippen LogP contribution in [0, 0.1) is 11.3 Å². The van der Waals surface area contributed by atoms with Crippen LogP contribution in [0.3, 0.4) is 0 Å². The van der Waals surface area contributed by atoms with Gasteiger partial charge in [-0.2, -0.15) is 5.26 Å². The van der Waals surface area contributed by atoms with Crippen LogP contribution < -0.4 is 16.6 Å². The maximum Gasteiger partial charge on any atom is 0.160 e. The molecular weight excluding hydrogens is 228 g/mol. The van der Waals surface area contributed by atoms with Crippen molar-refractivity contribution in [2.24, 2.45) is 5.84 Å². The van der Waals surface area contributed by atoms with Crippen molar-refractivity contribution < 1.29 is 0 Å². The predicted molar refractivity (Wildman–Crippen MR) is 68.3 cm³/mol. The Morgan fingerprint density at radius 1 is 1.28 bits per heavy atom. The number of rotatable bonds is 4. The van der Waals surface area contributed by atoms with Crippen LogP contribution in [0.2, 0.25) is 0 Å². The first-order chi connectivity index (χ1) is 8.81. The Labute approximate surface area is 104 Å². The molecule has 6 heteroatoms. The standard InChI is InChI=1S/C12H12N6/c13-5-9-2-1-3-10(4-9)6-16-11-7-15-8-12(17-11)18-14/h1-4,7-8H,6,14H2,(H2,16,17,18). The number of hydrogen-bond donors (Lipinski definition) is 3. The van der Waals surface area contributed by atoms with E-state index in [0.29, 0.717) is 23.7 Å². The van der Waals surface area contributed by atoms with E-state index in [9.17, 15) is 0 Å². The third-order valence-corrected chi connectivity index (χ3v) is 2.31. The van der Waals surface area contributed by atoms with Crippen molar-refractivity contribution in [1.82, 2.24) is 9.97 Å². The number of anilines is 2. The fourth-order valence-electron chi connectivity index (χ4n) is 1.46. The molecule has 1 heterocycles. The minimum atomic E-state index is 0.491. The molecule has 0 fully saturated rings. The molecule has 0 aliphatic rings. The average Bonchev–Trinajstić information content (AvgIpc) is 2.45. The highest BCUT2D eigenvalue weighted by molar-refractivity contribution is 5.42. The van der Waals surface area contributed by atoms with Gasteiger partial charge in [0, 0.05) is 6.54 Å². The number of nitriles is 1. The molecule has 0 aliphatic carbocycles. The van der Waals surface area contributed by atoms with Crippen LogP contribution in [-0.4, -0.2) is 9.97 Å². The quantitative estimate of drug-likeness (QED) is 0.549. The fourth-order valence-corrected chi connectivity index (χ4v) is 1.46. The summed E-state index contributed by atoms with van der Waals surface area (Å²) in [4.78, 5) is 8.16. The van der Waals surface area contributed by atoms with Gasteiger partial charge >= 0.3 is 0 Å². The Balaban J connectivity index is 2.04. The van der Waals surface area contributed by atoms with Crippen LogP contribution in [0.25, 0.3) is 0 Å². The molecule has 1 aromatic carbocycles. The second-order valence-corrected chi connectivity index (χ2v) is 3.60. The minimum absolute atomic E-state index is 0.491. The first-order valence-electron chi connectivity index (χ1n) is 5.33. The van der Waals surface area contributed by atoms with E-state index in [1.54, 1.807) is 12.3 Å². The van der Waals surface area contributed by atoms with Gasteiger partial charge < -0.3 is 10.7 Å². The maximum absolute atomic E-state index is 8.80. The van der Waals surface area contributed by atoms with Crippen molar-refractivity contribution in [2.75, 3.05) is 10.7 Å². The highest BCUT2D eigenvalue weighted by Crippen LogP contribution is 2.09. The lowest BCUT2D eigenvalue weighted by molar-refractivity contribution is 1.08. The third-order valence-electron chi connectivity index (χ3n) is 2.31. The van der Waals surface area contributed by atoms with Crippen molar-refractivity contribution in [1.29, 1.82) is 5.26 Å².